The molecule has 0 spiro atoms. The highest BCUT2D eigenvalue weighted by molar-refractivity contribution is 7.59. The molecular weight excluding hydrogens is 402 g/mol. The van der Waals surface area contributed by atoms with Gasteiger partial charge in [-0.1, -0.05) is 79.1 Å². The molecule has 0 rings (SSSR count). The SMILES string of the molecule is CCCCC(O)P(CCCP(C(O)CCCC)C(O)CCCC)C(O)CCCC. The van der Waals surface area contributed by atoms with E-state index >= 15 is 0 Å². The average molecular weight is 453 g/mol. The van der Waals surface area contributed by atoms with Crippen LogP contribution in [0.2, 0.25) is 0 Å². The first kappa shape index (κ1) is 29.7. The highest BCUT2D eigenvalue weighted by atomic mass is 31.1. The third-order valence-corrected chi connectivity index (χ3v) is 11.4. The van der Waals surface area contributed by atoms with Gasteiger partial charge in [-0.3, -0.25) is 0 Å². The average Bonchev–Trinajstić information content (AvgIpc) is 2.72. The fraction of sp³-hybridized carbons (Fsp3) is 1.00. The van der Waals surface area contributed by atoms with Gasteiger partial charge in [0.05, 0.1) is 23.4 Å². The topological polar surface area (TPSA) is 80.9 Å². The van der Waals surface area contributed by atoms with Gasteiger partial charge >= 0.3 is 0 Å². The molecular formula is C23H50O4P2. The van der Waals surface area contributed by atoms with Crippen molar-refractivity contribution in [1.29, 1.82) is 0 Å². The van der Waals surface area contributed by atoms with E-state index in [4.69, 9.17) is 0 Å². The molecule has 0 bridgehead atoms. The van der Waals surface area contributed by atoms with Crippen molar-refractivity contribution in [3.63, 3.8) is 0 Å². The highest BCUT2D eigenvalue weighted by Crippen LogP contribution is 2.52. The van der Waals surface area contributed by atoms with E-state index in [9.17, 15) is 20.4 Å². The molecule has 0 radical (unpaired) electrons. The minimum Gasteiger partial charge on any atom is -0.389 e. The minimum absolute atomic E-state index is 0.391. The Kier molecular flexibility index (Phi) is 19.9. The molecule has 0 amide bonds. The summed E-state index contributed by atoms with van der Waals surface area (Å²) < 4.78 is 0. The van der Waals surface area contributed by atoms with Crippen molar-refractivity contribution in [3.8, 4) is 0 Å². The first-order valence-corrected chi connectivity index (χ1v) is 15.5. The van der Waals surface area contributed by atoms with Crippen molar-refractivity contribution in [2.45, 2.75) is 135 Å². The van der Waals surface area contributed by atoms with Gasteiger partial charge in [-0.25, -0.2) is 0 Å². The smallest absolute Gasteiger partial charge is 0.0755 e. The van der Waals surface area contributed by atoms with Crippen molar-refractivity contribution < 1.29 is 20.4 Å². The predicted molar refractivity (Wildman–Crippen MR) is 130 cm³/mol. The molecule has 0 heterocycles. The van der Waals surface area contributed by atoms with Crippen molar-refractivity contribution >= 4 is 15.8 Å². The number of aliphatic hydroxyl groups is 4. The van der Waals surface area contributed by atoms with Crippen LogP contribution in [-0.2, 0) is 0 Å². The number of unbranched alkanes of at least 4 members (excludes halogenated alkanes) is 4. The van der Waals surface area contributed by atoms with Crippen LogP contribution >= 0.6 is 15.8 Å². The zero-order chi connectivity index (χ0) is 22.1. The van der Waals surface area contributed by atoms with Gasteiger partial charge in [0.1, 0.15) is 0 Å². The summed E-state index contributed by atoms with van der Waals surface area (Å²) in [5.41, 5.74) is 0. The number of hydrogen-bond acceptors (Lipinski definition) is 4. The van der Waals surface area contributed by atoms with Gasteiger partial charge in [0.15, 0.2) is 0 Å². The lowest BCUT2D eigenvalue weighted by Gasteiger charge is -2.31. The van der Waals surface area contributed by atoms with Gasteiger partial charge in [0.2, 0.25) is 0 Å². The van der Waals surface area contributed by atoms with E-state index in [1.54, 1.807) is 0 Å². The van der Waals surface area contributed by atoms with Gasteiger partial charge in [0, 0.05) is 0 Å². The first-order chi connectivity index (χ1) is 13.9. The lowest BCUT2D eigenvalue weighted by atomic mass is 10.3. The summed E-state index contributed by atoms with van der Waals surface area (Å²) in [5, 5.41) is 42.8. The van der Waals surface area contributed by atoms with Crippen LogP contribution in [0.25, 0.3) is 0 Å². The molecule has 4 nitrogen and oxygen atoms in total. The lowest BCUT2D eigenvalue weighted by Crippen LogP contribution is -2.20. The zero-order valence-corrected chi connectivity index (χ0v) is 21.4. The quantitative estimate of drug-likeness (QED) is 0.162. The summed E-state index contributed by atoms with van der Waals surface area (Å²) in [7, 11) is -1.68. The maximum atomic E-state index is 10.7. The van der Waals surface area contributed by atoms with Crippen LogP contribution in [0, 0.1) is 0 Å². The molecule has 4 N–H and O–H groups in total. The van der Waals surface area contributed by atoms with Crippen molar-refractivity contribution in [2.75, 3.05) is 12.3 Å². The lowest BCUT2D eigenvalue weighted by molar-refractivity contribution is 0.208. The molecule has 0 aliphatic heterocycles. The van der Waals surface area contributed by atoms with E-state index in [0.717, 1.165) is 95.8 Å². The molecule has 0 aliphatic carbocycles. The molecule has 6 heteroatoms. The standard InChI is InChI=1S/C23H50O4P2/c1-5-9-14-20(24)28(21(25)15-10-6-2)18-13-19-29(22(26)16-11-7-3)23(27)17-12-8-4/h20-27H,5-19H2,1-4H3. The monoisotopic (exact) mass is 452 g/mol. The molecule has 176 valence electrons. The fourth-order valence-corrected chi connectivity index (χ4v) is 8.98. The Bertz CT molecular complexity index is 300. The van der Waals surface area contributed by atoms with Crippen molar-refractivity contribution in [2.24, 2.45) is 0 Å². The molecule has 0 aromatic heterocycles. The Hall–Kier alpha value is 0.700. The van der Waals surface area contributed by atoms with Crippen LogP contribution in [0.1, 0.15) is 111 Å². The third kappa shape index (κ3) is 13.7. The van der Waals surface area contributed by atoms with Crippen LogP contribution in [0.3, 0.4) is 0 Å². The normalized spacial score (nSPS) is 18.2. The summed E-state index contributed by atoms with van der Waals surface area (Å²) in [6.07, 6.45) is 13.9. The molecule has 4 unspecified atom stereocenters. The van der Waals surface area contributed by atoms with Crippen LogP contribution < -0.4 is 0 Å². The highest BCUT2D eigenvalue weighted by Gasteiger charge is 2.28. The molecule has 0 aromatic rings. The Balaban J connectivity index is 4.89. The van der Waals surface area contributed by atoms with Crippen LogP contribution in [0.15, 0.2) is 0 Å². The van der Waals surface area contributed by atoms with E-state index in [1.807, 2.05) is 0 Å². The van der Waals surface area contributed by atoms with E-state index in [1.165, 1.54) is 0 Å². The maximum Gasteiger partial charge on any atom is 0.0755 e. The zero-order valence-electron chi connectivity index (χ0n) is 19.6. The second kappa shape index (κ2) is 19.4. The van der Waals surface area contributed by atoms with Crippen molar-refractivity contribution in [1.82, 2.24) is 0 Å². The van der Waals surface area contributed by atoms with Crippen LogP contribution in [0.4, 0.5) is 0 Å². The molecule has 4 atom stereocenters. The van der Waals surface area contributed by atoms with E-state index in [-0.39, 0.29) is 0 Å². The number of aliphatic hydroxyl groups excluding tert-OH is 4. The van der Waals surface area contributed by atoms with Gasteiger partial charge in [-0.15, -0.1) is 0 Å². The van der Waals surface area contributed by atoms with Gasteiger partial charge in [-0.05, 0) is 60.3 Å². The molecule has 0 fully saturated rings. The Morgan fingerprint density at radius 2 is 0.690 bits per heavy atom. The molecule has 0 aromatic carbocycles. The molecule has 0 saturated heterocycles. The summed E-state index contributed by atoms with van der Waals surface area (Å²) in [5.74, 6) is -1.56. The minimum atomic E-state index is -0.839. The van der Waals surface area contributed by atoms with E-state index in [0.29, 0.717) is 0 Å². The summed E-state index contributed by atoms with van der Waals surface area (Å²) in [6, 6.07) is 0. The maximum absolute atomic E-state index is 10.7. The van der Waals surface area contributed by atoms with Gasteiger partial charge in [0.25, 0.3) is 0 Å². The molecule has 0 saturated carbocycles. The van der Waals surface area contributed by atoms with Crippen LogP contribution in [0.5, 0.6) is 0 Å². The summed E-state index contributed by atoms with van der Waals surface area (Å²) >= 11 is 0. The molecule has 29 heavy (non-hydrogen) atoms. The summed E-state index contributed by atoms with van der Waals surface area (Å²) in [4.78, 5) is 0. The second-order valence-corrected chi connectivity index (χ2v) is 13.7. The van der Waals surface area contributed by atoms with Gasteiger partial charge < -0.3 is 20.4 Å². The Labute approximate surface area is 183 Å². The van der Waals surface area contributed by atoms with E-state index < -0.39 is 39.2 Å². The fourth-order valence-electron chi connectivity index (χ4n) is 3.64. The van der Waals surface area contributed by atoms with Gasteiger partial charge in [-0.2, -0.15) is 0 Å². The second-order valence-electron chi connectivity index (χ2n) is 8.32. The number of hydrogen-bond donors (Lipinski definition) is 4. The predicted octanol–water partition coefficient (Wildman–Crippen LogP) is 6.37. The van der Waals surface area contributed by atoms with Crippen LogP contribution in [-0.4, -0.2) is 56.1 Å². The van der Waals surface area contributed by atoms with E-state index in [2.05, 4.69) is 27.7 Å². The first-order valence-electron chi connectivity index (χ1n) is 12.2. The van der Waals surface area contributed by atoms with Crippen molar-refractivity contribution in [3.05, 3.63) is 0 Å². The Morgan fingerprint density at radius 1 is 0.448 bits per heavy atom. The Morgan fingerprint density at radius 3 is 0.897 bits per heavy atom. The summed E-state index contributed by atoms with van der Waals surface area (Å²) in [6.45, 7) is 8.52. The molecule has 0 aliphatic rings. The largest absolute Gasteiger partial charge is 0.389 e. The number of rotatable bonds is 20. The third-order valence-electron chi connectivity index (χ3n) is 5.63.